The number of nitrogens with one attached hydrogen (secondary N) is 1. The summed E-state index contributed by atoms with van der Waals surface area (Å²) in [6.45, 7) is 1.96. The van der Waals surface area contributed by atoms with Crippen LogP contribution in [-0.2, 0) is 7.05 Å². The molecule has 5 nitrogen and oxygen atoms in total. The van der Waals surface area contributed by atoms with Gasteiger partial charge in [-0.1, -0.05) is 23.2 Å². The molecule has 0 aliphatic carbocycles. The van der Waals surface area contributed by atoms with Gasteiger partial charge in [0.2, 0.25) is 0 Å². The van der Waals surface area contributed by atoms with Gasteiger partial charge in [-0.15, -0.1) is 0 Å². The topological polar surface area (TPSA) is 59.8 Å². The zero-order valence-electron chi connectivity index (χ0n) is 13.0. The molecule has 0 saturated carbocycles. The number of anilines is 1. The maximum Gasteiger partial charge on any atom is 0.257 e. The quantitative estimate of drug-likeness (QED) is 0.706. The monoisotopic (exact) mass is 360 g/mol. The molecule has 24 heavy (non-hydrogen) atoms. The van der Waals surface area contributed by atoms with E-state index in [-0.39, 0.29) is 5.91 Å². The van der Waals surface area contributed by atoms with Crippen molar-refractivity contribution >= 4 is 34.8 Å². The van der Waals surface area contributed by atoms with Crippen molar-refractivity contribution in [2.45, 2.75) is 6.92 Å². The van der Waals surface area contributed by atoms with Crippen LogP contribution in [0.1, 0.15) is 16.1 Å². The summed E-state index contributed by atoms with van der Waals surface area (Å²) in [5.74, 6) is 0.463. The van der Waals surface area contributed by atoms with Gasteiger partial charge >= 0.3 is 0 Å². The zero-order valence-corrected chi connectivity index (χ0v) is 14.6. The first-order valence-corrected chi connectivity index (χ1v) is 7.92. The van der Waals surface area contributed by atoms with Crippen LogP contribution in [0.15, 0.2) is 42.7 Å². The van der Waals surface area contributed by atoms with E-state index in [2.05, 4.69) is 15.3 Å². The Morgan fingerprint density at radius 1 is 1.12 bits per heavy atom. The number of halogens is 2. The molecule has 2 aromatic heterocycles. The lowest BCUT2D eigenvalue weighted by atomic mass is 10.1. The van der Waals surface area contributed by atoms with Gasteiger partial charge in [-0.25, -0.2) is 9.97 Å². The molecule has 0 radical (unpaired) electrons. The molecular weight excluding hydrogens is 347 g/mol. The largest absolute Gasteiger partial charge is 0.331 e. The predicted molar refractivity (Wildman–Crippen MR) is 95.6 cm³/mol. The molecule has 0 bridgehead atoms. The molecule has 2 heterocycles. The lowest BCUT2D eigenvalue weighted by Gasteiger charge is -2.10. The number of hydrogen-bond donors (Lipinski definition) is 1. The molecule has 0 fully saturated rings. The van der Waals surface area contributed by atoms with Crippen molar-refractivity contribution in [3.05, 3.63) is 64.2 Å². The summed E-state index contributed by atoms with van der Waals surface area (Å²) in [4.78, 5) is 20.6. The summed E-state index contributed by atoms with van der Waals surface area (Å²) in [5.41, 5.74) is 2.81. The number of aryl methyl sites for hydroxylation is 1. The van der Waals surface area contributed by atoms with Gasteiger partial charge in [0.15, 0.2) is 0 Å². The number of hydrogen-bond acceptors (Lipinski definition) is 3. The van der Waals surface area contributed by atoms with Gasteiger partial charge in [0.05, 0.1) is 10.6 Å². The van der Waals surface area contributed by atoms with Crippen LogP contribution in [0.4, 0.5) is 5.69 Å². The molecule has 0 aliphatic rings. The molecule has 1 N–H and O–H groups in total. The van der Waals surface area contributed by atoms with Gasteiger partial charge in [0, 0.05) is 36.4 Å². The minimum absolute atomic E-state index is 0.275. The van der Waals surface area contributed by atoms with Crippen LogP contribution in [0.5, 0.6) is 0 Å². The first kappa shape index (κ1) is 16.5. The van der Waals surface area contributed by atoms with E-state index in [0.29, 0.717) is 21.4 Å². The van der Waals surface area contributed by atoms with Crippen molar-refractivity contribution in [3.63, 3.8) is 0 Å². The van der Waals surface area contributed by atoms with E-state index in [1.807, 2.05) is 18.5 Å². The lowest BCUT2D eigenvalue weighted by molar-refractivity contribution is 0.102. The highest BCUT2D eigenvalue weighted by atomic mass is 35.5. The summed E-state index contributed by atoms with van der Waals surface area (Å²) < 4.78 is 1.94. The Morgan fingerprint density at radius 3 is 2.54 bits per heavy atom. The summed E-state index contributed by atoms with van der Waals surface area (Å²) in [5, 5.41) is 3.73. The molecule has 3 rings (SSSR count). The minimum Gasteiger partial charge on any atom is -0.331 e. The second-order valence-corrected chi connectivity index (χ2v) is 6.10. The molecule has 0 unspecified atom stereocenters. The minimum atomic E-state index is -0.275. The van der Waals surface area contributed by atoms with Gasteiger partial charge in [0.1, 0.15) is 11.0 Å². The van der Waals surface area contributed by atoms with Crippen molar-refractivity contribution in [1.82, 2.24) is 14.5 Å². The third-order valence-electron chi connectivity index (χ3n) is 3.68. The van der Waals surface area contributed by atoms with Crippen LogP contribution >= 0.6 is 23.2 Å². The Labute approximate surface area is 149 Å². The SMILES string of the molecule is Cc1cnc(-c2cc(NC(=O)c3ccc(Cl)nc3)ccc2Cl)n1C. The van der Waals surface area contributed by atoms with E-state index >= 15 is 0 Å². The Kier molecular flexibility index (Phi) is 4.55. The highest BCUT2D eigenvalue weighted by molar-refractivity contribution is 6.33. The Morgan fingerprint density at radius 2 is 1.92 bits per heavy atom. The number of aromatic nitrogens is 3. The van der Waals surface area contributed by atoms with Crippen molar-refractivity contribution in [2.24, 2.45) is 7.05 Å². The van der Waals surface area contributed by atoms with Gasteiger partial charge in [-0.3, -0.25) is 4.79 Å². The van der Waals surface area contributed by atoms with Crippen molar-refractivity contribution in [1.29, 1.82) is 0 Å². The third-order valence-corrected chi connectivity index (χ3v) is 4.23. The molecule has 1 aromatic carbocycles. The van der Waals surface area contributed by atoms with Crippen LogP contribution in [0.2, 0.25) is 10.2 Å². The van der Waals surface area contributed by atoms with Crippen LogP contribution < -0.4 is 5.32 Å². The maximum atomic E-state index is 12.3. The number of imidazole rings is 1. The van der Waals surface area contributed by atoms with Gasteiger partial charge < -0.3 is 9.88 Å². The van der Waals surface area contributed by atoms with Crippen molar-refractivity contribution in [2.75, 3.05) is 5.32 Å². The van der Waals surface area contributed by atoms with Crippen molar-refractivity contribution in [3.8, 4) is 11.4 Å². The Balaban J connectivity index is 1.90. The molecule has 122 valence electrons. The van der Waals surface area contributed by atoms with Crippen molar-refractivity contribution < 1.29 is 4.79 Å². The predicted octanol–water partition coefficient (Wildman–Crippen LogP) is 4.35. The second kappa shape index (κ2) is 6.63. The van der Waals surface area contributed by atoms with E-state index in [4.69, 9.17) is 23.2 Å². The Hall–Kier alpha value is -2.37. The Bertz CT molecular complexity index is 903. The van der Waals surface area contributed by atoms with Crippen LogP contribution in [-0.4, -0.2) is 20.4 Å². The number of carbonyl (C=O) groups is 1. The second-order valence-electron chi connectivity index (χ2n) is 5.30. The van der Waals surface area contributed by atoms with Crippen LogP contribution in [0.3, 0.4) is 0 Å². The van der Waals surface area contributed by atoms with E-state index in [0.717, 1.165) is 17.1 Å². The number of amides is 1. The first-order valence-electron chi connectivity index (χ1n) is 7.17. The molecule has 1 amide bonds. The molecule has 7 heteroatoms. The van der Waals surface area contributed by atoms with E-state index in [1.165, 1.54) is 6.20 Å². The molecule has 3 aromatic rings. The lowest BCUT2D eigenvalue weighted by Crippen LogP contribution is -2.12. The normalized spacial score (nSPS) is 10.7. The average Bonchev–Trinajstić information content (AvgIpc) is 2.89. The number of benzene rings is 1. The summed E-state index contributed by atoms with van der Waals surface area (Å²) in [6.07, 6.45) is 3.20. The fraction of sp³-hybridized carbons (Fsp3) is 0.118. The summed E-state index contributed by atoms with van der Waals surface area (Å²) >= 11 is 12.0. The summed E-state index contributed by atoms with van der Waals surface area (Å²) in [6, 6.07) is 8.45. The highest BCUT2D eigenvalue weighted by Gasteiger charge is 2.13. The smallest absolute Gasteiger partial charge is 0.257 e. The van der Waals surface area contributed by atoms with E-state index < -0.39 is 0 Å². The zero-order chi connectivity index (χ0) is 17.3. The van der Waals surface area contributed by atoms with Crippen LogP contribution in [0, 0.1) is 6.92 Å². The number of pyridine rings is 1. The van der Waals surface area contributed by atoms with E-state index in [1.54, 1.807) is 36.5 Å². The number of rotatable bonds is 3. The fourth-order valence-electron chi connectivity index (χ4n) is 2.23. The summed E-state index contributed by atoms with van der Waals surface area (Å²) in [7, 11) is 1.92. The third kappa shape index (κ3) is 3.27. The molecule has 0 atom stereocenters. The molecular formula is C17H14Cl2N4O. The highest BCUT2D eigenvalue weighted by Crippen LogP contribution is 2.30. The van der Waals surface area contributed by atoms with Gasteiger partial charge in [-0.2, -0.15) is 0 Å². The number of carbonyl (C=O) groups excluding carboxylic acids is 1. The molecule has 0 spiro atoms. The number of nitrogens with zero attached hydrogens (tertiary/aromatic N) is 3. The average molecular weight is 361 g/mol. The fourth-order valence-corrected chi connectivity index (χ4v) is 2.55. The molecule has 0 aliphatic heterocycles. The van der Waals surface area contributed by atoms with Crippen LogP contribution in [0.25, 0.3) is 11.4 Å². The first-order chi connectivity index (χ1) is 11.5. The standard InChI is InChI=1S/C17H14Cl2N4O/c1-10-8-21-16(23(10)2)13-7-12(4-5-14(13)18)22-17(24)11-3-6-15(19)20-9-11/h3-9H,1-2H3,(H,22,24). The van der Waals surface area contributed by atoms with Gasteiger partial charge in [-0.05, 0) is 37.3 Å². The maximum absolute atomic E-state index is 12.3. The molecule has 0 saturated heterocycles. The van der Waals surface area contributed by atoms with E-state index in [9.17, 15) is 4.79 Å². The van der Waals surface area contributed by atoms with Gasteiger partial charge in [0.25, 0.3) is 5.91 Å².